The highest BCUT2D eigenvalue weighted by molar-refractivity contribution is 7.11. The monoisotopic (exact) mass is 294 g/mol. The molecule has 2 nitrogen and oxygen atoms in total. The number of aryl methyl sites for hydroxylation is 2. The molecule has 1 heterocycles. The highest BCUT2D eigenvalue weighted by atomic mass is 32.1. The molecule has 3 unspecified atom stereocenters. The summed E-state index contributed by atoms with van der Waals surface area (Å²) >= 11 is 1.88. The summed E-state index contributed by atoms with van der Waals surface area (Å²) in [6.07, 6.45) is 5.10. The van der Waals surface area contributed by atoms with E-state index in [9.17, 15) is 0 Å². The summed E-state index contributed by atoms with van der Waals surface area (Å²) in [5.41, 5.74) is 7.65. The van der Waals surface area contributed by atoms with Crippen LogP contribution in [0.3, 0.4) is 0 Å². The van der Waals surface area contributed by atoms with Crippen molar-refractivity contribution in [3.8, 4) is 0 Å². The molecule has 2 rings (SSSR count). The third-order valence-electron chi connectivity index (χ3n) is 5.18. The van der Waals surface area contributed by atoms with Gasteiger partial charge in [0.1, 0.15) is 0 Å². The molecule has 3 heteroatoms. The topological polar surface area (TPSA) is 38.9 Å². The van der Waals surface area contributed by atoms with Gasteiger partial charge in [-0.1, -0.05) is 20.8 Å². The third kappa shape index (κ3) is 3.62. The number of rotatable bonds is 3. The second-order valence-corrected chi connectivity index (χ2v) is 8.87. The second kappa shape index (κ2) is 6.15. The maximum atomic E-state index is 6.02. The van der Waals surface area contributed by atoms with E-state index in [0.717, 1.165) is 24.8 Å². The van der Waals surface area contributed by atoms with Crippen LogP contribution in [0.15, 0.2) is 0 Å². The number of hydrogen-bond acceptors (Lipinski definition) is 3. The summed E-state index contributed by atoms with van der Waals surface area (Å²) in [5, 5.41) is 1.32. The lowest BCUT2D eigenvalue weighted by Crippen LogP contribution is -2.36. The van der Waals surface area contributed by atoms with Gasteiger partial charge in [0.15, 0.2) is 0 Å². The molecule has 1 aliphatic carbocycles. The van der Waals surface area contributed by atoms with Gasteiger partial charge in [0.05, 0.1) is 10.7 Å². The average Bonchev–Trinajstić information content (AvgIpc) is 2.67. The van der Waals surface area contributed by atoms with Crippen molar-refractivity contribution in [3.63, 3.8) is 0 Å². The lowest BCUT2D eigenvalue weighted by Gasteiger charge is -2.41. The Balaban J connectivity index is 2.09. The standard InChI is InChI=1S/C17H30N2S/c1-11-12(2)20-16(19-11)9-14-8-15(17(3,4)5)7-6-13(14)10-18/h13-15H,6-10,18H2,1-5H3. The molecule has 0 bridgehead atoms. The van der Waals surface area contributed by atoms with Crippen molar-refractivity contribution >= 4 is 11.3 Å². The van der Waals surface area contributed by atoms with Crippen molar-refractivity contribution in [2.24, 2.45) is 28.9 Å². The Labute approximate surface area is 128 Å². The van der Waals surface area contributed by atoms with Gasteiger partial charge in [0.25, 0.3) is 0 Å². The first-order valence-corrected chi connectivity index (χ1v) is 8.76. The Bertz CT molecular complexity index is 425. The zero-order valence-electron chi connectivity index (χ0n) is 13.7. The molecule has 1 fully saturated rings. The smallest absolute Gasteiger partial charge is 0.0933 e. The Morgan fingerprint density at radius 1 is 1.20 bits per heavy atom. The van der Waals surface area contributed by atoms with Crippen molar-refractivity contribution in [1.29, 1.82) is 0 Å². The lowest BCUT2D eigenvalue weighted by molar-refractivity contribution is 0.101. The van der Waals surface area contributed by atoms with E-state index in [4.69, 9.17) is 10.7 Å². The molecule has 0 saturated heterocycles. The van der Waals surface area contributed by atoms with Gasteiger partial charge in [-0.2, -0.15) is 0 Å². The van der Waals surface area contributed by atoms with E-state index in [1.165, 1.54) is 34.8 Å². The minimum atomic E-state index is 0.423. The molecule has 0 aliphatic heterocycles. The molecule has 1 saturated carbocycles. The molecule has 3 atom stereocenters. The number of nitrogens with zero attached hydrogens (tertiary/aromatic N) is 1. The fourth-order valence-electron chi connectivity index (χ4n) is 3.52. The minimum Gasteiger partial charge on any atom is -0.330 e. The van der Waals surface area contributed by atoms with Crippen molar-refractivity contribution in [2.75, 3.05) is 6.54 Å². The van der Waals surface area contributed by atoms with Crippen molar-refractivity contribution in [2.45, 2.75) is 60.3 Å². The molecule has 1 aromatic rings. The summed E-state index contributed by atoms with van der Waals surface area (Å²) < 4.78 is 0. The second-order valence-electron chi connectivity index (χ2n) is 7.59. The molecule has 2 N–H and O–H groups in total. The molecule has 0 amide bonds. The molecule has 1 aromatic heterocycles. The van der Waals surface area contributed by atoms with Crippen LogP contribution in [0.5, 0.6) is 0 Å². The van der Waals surface area contributed by atoms with Crippen LogP contribution in [-0.2, 0) is 6.42 Å². The van der Waals surface area contributed by atoms with Crippen LogP contribution < -0.4 is 5.73 Å². The van der Waals surface area contributed by atoms with Crippen LogP contribution in [0.25, 0.3) is 0 Å². The Morgan fingerprint density at radius 3 is 2.40 bits per heavy atom. The summed E-state index contributed by atoms with van der Waals surface area (Å²) in [7, 11) is 0. The lowest BCUT2D eigenvalue weighted by atomic mass is 9.65. The molecular weight excluding hydrogens is 264 g/mol. The van der Waals surface area contributed by atoms with Gasteiger partial charge >= 0.3 is 0 Å². The molecule has 1 aliphatic rings. The average molecular weight is 295 g/mol. The van der Waals surface area contributed by atoms with Gasteiger partial charge < -0.3 is 5.73 Å². The van der Waals surface area contributed by atoms with E-state index >= 15 is 0 Å². The van der Waals surface area contributed by atoms with Gasteiger partial charge in [0, 0.05) is 11.3 Å². The largest absolute Gasteiger partial charge is 0.330 e. The van der Waals surface area contributed by atoms with Crippen LogP contribution in [0, 0.1) is 37.0 Å². The summed E-state index contributed by atoms with van der Waals surface area (Å²) in [6.45, 7) is 12.3. The van der Waals surface area contributed by atoms with E-state index in [1.54, 1.807) is 0 Å². The quantitative estimate of drug-likeness (QED) is 0.900. The van der Waals surface area contributed by atoms with E-state index in [1.807, 2.05) is 11.3 Å². The Kier molecular flexibility index (Phi) is 4.91. The maximum absolute atomic E-state index is 6.02. The van der Waals surface area contributed by atoms with E-state index in [-0.39, 0.29) is 0 Å². The van der Waals surface area contributed by atoms with Gasteiger partial charge in [-0.25, -0.2) is 4.98 Å². The first-order chi connectivity index (χ1) is 9.31. The van der Waals surface area contributed by atoms with Crippen LogP contribution in [0.2, 0.25) is 0 Å². The summed E-state index contributed by atoms with van der Waals surface area (Å²) in [5.74, 6) is 2.25. The third-order valence-corrected chi connectivity index (χ3v) is 6.27. The highest BCUT2D eigenvalue weighted by Gasteiger charge is 2.35. The summed E-state index contributed by atoms with van der Waals surface area (Å²) in [6, 6.07) is 0. The van der Waals surface area contributed by atoms with Crippen LogP contribution in [0.4, 0.5) is 0 Å². The van der Waals surface area contributed by atoms with E-state index in [2.05, 4.69) is 34.6 Å². The maximum Gasteiger partial charge on any atom is 0.0933 e. The molecule has 0 aromatic carbocycles. The van der Waals surface area contributed by atoms with Gasteiger partial charge in [0.2, 0.25) is 0 Å². The van der Waals surface area contributed by atoms with E-state index < -0.39 is 0 Å². The first kappa shape index (κ1) is 16.0. The zero-order chi connectivity index (χ0) is 14.9. The number of aromatic nitrogens is 1. The van der Waals surface area contributed by atoms with Crippen LogP contribution in [-0.4, -0.2) is 11.5 Å². The predicted molar refractivity (Wildman–Crippen MR) is 88.1 cm³/mol. The Morgan fingerprint density at radius 2 is 1.90 bits per heavy atom. The first-order valence-electron chi connectivity index (χ1n) is 7.94. The SMILES string of the molecule is Cc1nc(CC2CC(C(C)(C)C)CCC2CN)sc1C. The molecule has 0 radical (unpaired) electrons. The van der Waals surface area contributed by atoms with Crippen molar-refractivity contribution < 1.29 is 0 Å². The van der Waals surface area contributed by atoms with E-state index in [0.29, 0.717) is 11.3 Å². The molecule has 20 heavy (non-hydrogen) atoms. The normalized spacial score (nSPS) is 27.8. The van der Waals surface area contributed by atoms with Gasteiger partial charge in [-0.3, -0.25) is 0 Å². The Hall–Kier alpha value is -0.410. The van der Waals surface area contributed by atoms with Crippen LogP contribution >= 0.6 is 11.3 Å². The molecule has 114 valence electrons. The molecule has 0 spiro atoms. The van der Waals surface area contributed by atoms with Crippen molar-refractivity contribution in [1.82, 2.24) is 4.98 Å². The predicted octanol–water partition coefficient (Wildman–Crippen LogP) is 4.34. The van der Waals surface area contributed by atoms with Gasteiger partial charge in [-0.15, -0.1) is 11.3 Å². The summed E-state index contributed by atoms with van der Waals surface area (Å²) in [4.78, 5) is 6.11. The number of hydrogen-bond donors (Lipinski definition) is 1. The van der Waals surface area contributed by atoms with Crippen molar-refractivity contribution in [3.05, 3.63) is 15.6 Å². The number of thiazole rings is 1. The fraction of sp³-hybridized carbons (Fsp3) is 0.824. The number of nitrogens with two attached hydrogens (primary N) is 1. The fourth-order valence-corrected chi connectivity index (χ4v) is 4.55. The van der Waals surface area contributed by atoms with Crippen LogP contribution in [0.1, 0.15) is 55.6 Å². The molecular formula is C17H30N2S. The van der Waals surface area contributed by atoms with Gasteiger partial charge in [-0.05, 0) is 62.8 Å². The minimum absolute atomic E-state index is 0.423. The highest BCUT2D eigenvalue weighted by Crippen LogP contribution is 2.43. The zero-order valence-corrected chi connectivity index (χ0v) is 14.5.